The Morgan fingerprint density at radius 2 is 2.00 bits per heavy atom. The summed E-state index contributed by atoms with van der Waals surface area (Å²) in [6.45, 7) is 3.63. The minimum absolute atomic E-state index is 0.179. The van der Waals surface area contributed by atoms with Crippen molar-refractivity contribution in [3.05, 3.63) is 29.3 Å². The van der Waals surface area contributed by atoms with E-state index in [2.05, 4.69) is 0 Å². The van der Waals surface area contributed by atoms with Crippen LogP contribution in [0.5, 0.6) is 0 Å². The Labute approximate surface area is 123 Å². The molecule has 0 bridgehead atoms. The highest BCUT2D eigenvalue weighted by atomic mass is 32.2. The van der Waals surface area contributed by atoms with Gasteiger partial charge in [-0.25, -0.2) is 17.2 Å². The summed E-state index contributed by atoms with van der Waals surface area (Å²) in [6.07, 6.45) is 1.59. The second-order valence-electron chi connectivity index (χ2n) is 6.10. The average Bonchev–Trinajstić information content (AvgIpc) is 2.37. The number of piperidine rings is 1. The molecule has 0 aromatic heterocycles. The second-order valence-corrected chi connectivity index (χ2v) is 8.01. The number of hydrogen-bond acceptors (Lipinski definition) is 3. The first-order chi connectivity index (χ1) is 9.69. The van der Waals surface area contributed by atoms with Crippen molar-refractivity contribution in [3.8, 4) is 0 Å². The van der Waals surface area contributed by atoms with Crippen molar-refractivity contribution in [2.24, 2.45) is 5.41 Å². The van der Waals surface area contributed by atoms with Crippen LogP contribution in [0.25, 0.3) is 0 Å². The summed E-state index contributed by atoms with van der Waals surface area (Å²) >= 11 is 0. The largest absolute Gasteiger partial charge is 0.391 e. The van der Waals surface area contributed by atoms with Crippen LogP contribution in [-0.4, -0.2) is 30.9 Å². The number of benzene rings is 1. The van der Waals surface area contributed by atoms with Gasteiger partial charge in [-0.05, 0) is 30.4 Å². The number of sulfonamides is 1. The highest BCUT2D eigenvalue weighted by Crippen LogP contribution is 2.33. The lowest BCUT2D eigenvalue weighted by Gasteiger charge is -2.37. The van der Waals surface area contributed by atoms with Crippen molar-refractivity contribution in [2.75, 3.05) is 13.1 Å². The number of aliphatic hydroxyl groups excluding tert-OH is 1. The molecule has 0 radical (unpaired) electrons. The molecule has 2 rings (SSSR count). The Kier molecular flexibility index (Phi) is 4.37. The maximum atomic E-state index is 14.2. The van der Waals surface area contributed by atoms with Gasteiger partial charge in [0.15, 0.2) is 5.82 Å². The van der Waals surface area contributed by atoms with Gasteiger partial charge in [-0.2, -0.15) is 4.31 Å². The predicted molar refractivity (Wildman–Crippen MR) is 74.1 cm³/mol. The standard InChI is InChI=1S/C14H19F2NO3S/c1-14(2)6-3-7-17(9-14)21(19,20)12-5-4-11(15)10(8-18)13(12)16/h4-5,18H,3,6-9H2,1-2H3. The SMILES string of the molecule is CC1(C)CCCN(S(=O)(=O)c2ccc(F)c(CO)c2F)C1. The van der Waals surface area contributed by atoms with Gasteiger partial charge in [-0.15, -0.1) is 0 Å². The minimum Gasteiger partial charge on any atom is -0.391 e. The van der Waals surface area contributed by atoms with E-state index in [1.54, 1.807) is 0 Å². The first kappa shape index (κ1) is 16.3. The second kappa shape index (κ2) is 5.62. The van der Waals surface area contributed by atoms with Crippen LogP contribution in [0.3, 0.4) is 0 Å². The third-order valence-corrected chi connectivity index (χ3v) is 5.65. The van der Waals surface area contributed by atoms with Crippen molar-refractivity contribution in [3.63, 3.8) is 0 Å². The Morgan fingerprint density at radius 1 is 1.33 bits per heavy atom. The van der Waals surface area contributed by atoms with E-state index in [4.69, 9.17) is 5.11 Å². The molecule has 1 aliphatic rings. The molecule has 0 unspecified atom stereocenters. The number of rotatable bonds is 3. The third-order valence-electron chi connectivity index (χ3n) is 3.79. The van der Waals surface area contributed by atoms with E-state index in [9.17, 15) is 17.2 Å². The van der Waals surface area contributed by atoms with Crippen LogP contribution in [-0.2, 0) is 16.6 Å². The molecule has 1 saturated heterocycles. The van der Waals surface area contributed by atoms with Gasteiger partial charge < -0.3 is 5.11 Å². The Hall–Kier alpha value is -1.05. The van der Waals surface area contributed by atoms with E-state index in [1.165, 1.54) is 4.31 Å². The van der Waals surface area contributed by atoms with E-state index in [0.717, 1.165) is 18.6 Å². The molecule has 0 aliphatic carbocycles. The summed E-state index contributed by atoms with van der Waals surface area (Å²) in [5, 5.41) is 8.99. The molecule has 1 heterocycles. The van der Waals surface area contributed by atoms with Crippen molar-refractivity contribution < 1.29 is 22.3 Å². The molecule has 0 amide bonds. The molecule has 1 aromatic rings. The zero-order valence-electron chi connectivity index (χ0n) is 12.1. The van der Waals surface area contributed by atoms with Crippen LogP contribution < -0.4 is 0 Å². The maximum Gasteiger partial charge on any atom is 0.246 e. The predicted octanol–water partition coefficient (Wildman–Crippen LogP) is 2.27. The summed E-state index contributed by atoms with van der Waals surface area (Å²) in [5.74, 6) is -2.16. The van der Waals surface area contributed by atoms with Gasteiger partial charge in [0.1, 0.15) is 10.7 Å². The molecule has 0 saturated carbocycles. The first-order valence-corrected chi connectivity index (χ1v) is 8.21. The normalized spacial score (nSPS) is 19.7. The Bertz CT molecular complexity index is 644. The summed E-state index contributed by atoms with van der Waals surface area (Å²) in [5.41, 5.74) is -0.797. The van der Waals surface area contributed by atoms with Crippen LogP contribution in [0.15, 0.2) is 17.0 Å². The molecule has 7 heteroatoms. The molecule has 1 aromatic carbocycles. The van der Waals surface area contributed by atoms with Gasteiger partial charge >= 0.3 is 0 Å². The molecule has 1 N–H and O–H groups in total. The Balaban J connectivity index is 2.45. The van der Waals surface area contributed by atoms with Crippen molar-refractivity contribution in [1.82, 2.24) is 4.31 Å². The monoisotopic (exact) mass is 319 g/mol. The van der Waals surface area contributed by atoms with E-state index < -0.39 is 38.7 Å². The lowest BCUT2D eigenvalue weighted by atomic mass is 9.85. The molecule has 1 aliphatic heterocycles. The molecule has 4 nitrogen and oxygen atoms in total. The van der Waals surface area contributed by atoms with Gasteiger partial charge in [-0.3, -0.25) is 0 Å². The van der Waals surface area contributed by atoms with E-state index >= 15 is 0 Å². The molecule has 21 heavy (non-hydrogen) atoms. The van der Waals surface area contributed by atoms with Crippen molar-refractivity contribution in [2.45, 2.75) is 38.2 Å². The topological polar surface area (TPSA) is 57.6 Å². The molecule has 118 valence electrons. The summed E-state index contributed by atoms with van der Waals surface area (Å²) in [7, 11) is -4.03. The van der Waals surface area contributed by atoms with Gasteiger partial charge in [-0.1, -0.05) is 13.8 Å². The lowest BCUT2D eigenvalue weighted by molar-refractivity contribution is 0.186. The fraction of sp³-hybridized carbons (Fsp3) is 0.571. The summed E-state index contributed by atoms with van der Waals surface area (Å²) < 4.78 is 53.9. The summed E-state index contributed by atoms with van der Waals surface area (Å²) in [4.78, 5) is -0.578. The highest BCUT2D eigenvalue weighted by Gasteiger charge is 2.36. The third kappa shape index (κ3) is 3.09. The van der Waals surface area contributed by atoms with Crippen LogP contribution in [0, 0.1) is 17.0 Å². The van der Waals surface area contributed by atoms with Crippen LogP contribution >= 0.6 is 0 Å². The molecule has 1 fully saturated rings. The van der Waals surface area contributed by atoms with E-state index in [1.807, 2.05) is 13.8 Å². The fourth-order valence-electron chi connectivity index (χ4n) is 2.63. The smallest absolute Gasteiger partial charge is 0.246 e. The van der Waals surface area contributed by atoms with E-state index in [-0.39, 0.29) is 5.41 Å². The van der Waals surface area contributed by atoms with Gasteiger partial charge in [0.2, 0.25) is 10.0 Å². The van der Waals surface area contributed by atoms with Crippen molar-refractivity contribution in [1.29, 1.82) is 0 Å². The first-order valence-electron chi connectivity index (χ1n) is 6.77. The fourth-order valence-corrected chi connectivity index (χ4v) is 4.39. The lowest BCUT2D eigenvalue weighted by Crippen LogP contribution is -2.43. The quantitative estimate of drug-likeness (QED) is 0.930. The van der Waals surface area contributed by atoms with Gasteiger partial charge in [0, 0.05) is 13.1 Å². The Morgan fingerprint density at radius 3 is 2.57 bits per heavy atom. The number of aliphatic hydroxyl groups is 1. The van der Waals surface area contributed by atoms with Crippen LogP contribution in [0.4, 0.5) is 8.78 Å². The molecule has 0 atom stereocenters. The molecule has 0 spiro atoms. The average molecular weight is 319 g/mol. The molecular formula is C14H19F2NO3S. The maximum absolute atomic E-state index is 14.2. The number of hydrogen-bond donors (Lipinski definition) is 1. The van der Waals surface area contributed by atoms with Gasteiger partial charge in [0.25, 0.3) is 0 Å². The highest BCUT2D eigenvalue weighted by molar-refractivity contribution is 7.89. The zero-order chi connectivity index (χ0) is 15.8. The van der Waals surface area contributed by atoms with Gasteiger partial charge in [0.05, 0.1) is 12.2 Å². The summed E-state index contributed by atoms with van der Waals surface area (Å²) in [6, 6.07) is 1.79. The van der Waals surface area contributed by atoms with Crippen LogP contribution in [0.2, 0.25) is 0 Å². The minimum atomic E-state index is -4.03. The number of halogens is 2. The molecular weight excluding hydrogens is 300 g/mol. The van der Waals surface area contributed by atoms with E-state index in [0.29, 0.717) is 19.5 Å². The number of nitrogens with zero attached hydrogens (tertiary/aromatic N) is 1. The van der Waals surface area contributed by atoms with Crippen molar-refractivity contribution >= 4 is 10.0 Å². The van der Waals surface area contributed by atoms with Crippen LogP contribution in [0.1, 0.15) is 32.3 Å². The zero-order valence-corrected chi connectivity index (χ0v) is 12.9.